The maximum atomic E-state index is 15.9. The van der Waals surface area contributed by atoms with Crippen LogP contribution in [0.4, 0.5) is 10.1 Å². The first kappa shape index (κ1) is 27.5. The van der Waals surface area contributed by atoms with E-state index in [4.69, 9.17) is 23.2 Å². The second kappa shape index (κ2) is 10.3. The Morgan fingerprint density at radius 1 is 1.02 bits per heavy atom. The first-order chi connectivity index (χ1) is 19.2. The summed E-state index contributed by atoms with van der Waals surface area (Å²) in [5.41, 5.74) is -0.573. The molecule has 212 valence electrons. The molecule has 6 rings (SSSR count). The van der Waals surface area contributed by atoms with Crippen LogP contribution in [0.2, 0.25) is 10.0 Å². The van der Waals surface area contributed by atoms with Crippen LogP contribution in [-0.2, 0) is 19.8 Å². The number of halogens is 3. The van der Waals surface area contributed by atoms with E-state index in [1.807, 2.05) is 6.07 Å². The van der Waals surface area contributed by atoms with Crippen molar-refractivity contribution in [1.29, 1.82) is 0 Å². The van der Waals surface area contributed by atoms with Crippen molar-refractivity contribution in [2.45, 2.75) is 86.7 Å². The average molecular weight is 589 g/mol. The van der Waals surface area contributed by atoms with Crippen molar-refractivity contribution in [3.8, 4) is 0 Å². The second-order valence-corrected chi connectivity index (χ2v) is 12.6. The molecule has 2 spiro atoms. The molecular formula is C30H32Cl2FN3O4. The zero-order valence-electron chi connectivity index (χ0n) is 21.9. The number of fused-ring (bicyclic) bond motifs is 3. The van der Waals surface area contributed by atoms with Gasteiger partial charge in [0.25, 0.3) is 0 Å². The van der Waals surface area contributed by atoms with Gasteiger partial charge >= 0.3 is 5.97 Å². The summed E-state index contributed by atoms with van der Waals surface area (Å²) >= 11 is 12.6. The second-order valence-electron chi connectivity index (χ2n) is 11.7. The fraction of sp³-hybridized carbons (Fsp3) is 0.500. The summed E-state index contributed by atoms with van der Waals surface area (Å²) in [6, 6.07) is 8.89. The van der Waals surface area contributed by atoms with Crippen molar-refractivity contribution in [3.63, 3.8) is 0 Å². The van der Waals surface area contributed by atoms with Crippen LogP contribution in [0.5, 0.6) is 0 Å². The monoisotopic (exact) mass is 587 g/mol. The number of aliphatic carboxylic acids is 1. The Kier molecular flexibility index (Phi) is 7.08. The normalized spacial score (nSPS) is 30.7. The maximum absolute atomic E-state index is 15.9. The molecule has 4 N–H and O–H groups in total. The van der Waals surface area contributed by atoms with Crippen molar-refractivity contribution >= 4 is 46.7 Å². The van der Waals surface area contributed by atoms with Crippen LogP contribution >= 0.6 is 23.2 Å². The van der Waals surface area contributed by atoms with Crippen LogP contribution in [0.3, 0.4) is 0 Å². The summed E-state index contributed by atoms with van der Waals surface area (Å²) in [7, 11) is 0. The van der Waals surface area contributed by atoms with E-state index in [1.165, 1.54) is 6.07 Å². The van der Waals surface area contributed by atoms with Gasteiger partial charge in [-0.05, 0) is 67.9 Å². The van der Waals surface area contributed by atoms with E-state index < -0.39 is 40.6 Å². The molecule has 40 heavy (non-hydrogen) atoms. The fourth-order valence-electron chi connectivity index (χ4n) is 7.99. The van der Waals surface area contributed by atoms with Gasteiger partial charge in [-0.3, -0.25) is 19.7 Å². The lowest BCUT2D eigenvalue weighted by molar-refractivity contribution is -0.142. The van der Waals surface area contributed by atoms with E-state index in [0.29, 0.717) is 54.8 Å². The summed E-state index contributed by atoms with van der Waals surface area (Å²) < 4.78 is 15.9. The zero-order chi connectivity index (χ0) is 28.2. The Balaban J connectivity index is 1.48. The predicted octanol–water partition coefficient (Wildman–Crippen LogP) is 5.54. The van der Waals surface area contributed by atoms with Crippen LogP contribution in [0.1, 0.15) is 74.8 Å². The van der Waals surface area contributed by atoms with Gasteiger partial charge in [0.2, 0.25) is 11.8 Å². The minimum atomic E-state index is -1.28. The summed E-state index contributed by atoms with van der Waals surface area (Å²) in [5.74, 6) is -3.35. The summed E-state index contributed by atoms with van der Waals surface area (Å²) in [6.07, 6.45) is 6.09. The van der Waals surface area contributed by atoms with Crippen LogP contribution < -0.4 is 16.0 Å². The van der Waals surface area contributed by atoms with E-state index in [0.717, 1.165) is 19.3 Å². The Morgan fingerprint density at radius 3 is 2.45 bits per heavy atom. The van der Waals surface area contributed by atoms with E-state index in [1.54, 1.807) is 24.3 Å². The molecule has 4 aliphatic rings. The maximum Gasteiger partial charge on any atom is 0.306 e. The van der Waals surface area contributed by atoms with E-state index >= 15 is 4.39 Å². The van der Waals surface area contributed by atoms with Crippen molar-refractivity contribution in [1.82, 2.24) is 10.6 Å². The summed E-state index contributed by atoms with van der Waals surface area (Å²) in [4.78, 5) is 39.9. The number of amides is 2. The fourth-order valence-corrected chi connectivity index (χ4v) is 8.35. The van der Waals surface area contributed by atoms with Crippen molar-refractivity contribution in [2.24, 2.45) is 5.92 Å². The third-order valence-corrected chi connectivity index (χ3v) is 10.3. The van der Waals surface area contributed by atoms with Crippen LogP contribution in [-0.4, -0.2) is 40.5 Å². The summed E-state index contributed by atoms with van der Waals surface area (Å²) in [6.45, 7) is 0. The molecule has 3 atom stereocenters. The van der Waals surface area contributed by atoms with Gasteiger partial charge in [0.15, 0.2) is 0 Å². The molecule has 2 aliphatic carbocycles. The molecule has 0 radical (unpaired) electrons. The van der Waals surface area contributed by atoms with Gasteiger partial charge in [-0.25, -0.2) is 4.39 Å². The number of carbonyl (C=O) groups is 3. The van der Waals surface area contributed by atoms with E-state index in [-0.39, 0.29) is 28.4 Å². The molecule has 2 amide bonds. The first-order valence-electron chi connectivity index (χ1n) is 14.0. The van der Waals surface area contributed by atoms with Crippen molar-refractivity contribution in [2.75, 3.05) is 5.32 Å². The Labute approximate surface area is 242 Å². The molecule has 0 aromatic heterocycles. The third-order valence-electron chi connectivity index (χ3n) is 9.73. The number of carbonyl (C=O) groups excluding carboxylic acids is 2. The van der Waals surface area contributed by atoms with Crippen LogP contribution in [0.25, 0.3) is 0 Å². The third kappa shape index (κ3) is 4.13. The highest BCUT2D eigenvalue weighted by Gasteiger charge is 2.72. The van der Waals surface area contributed by atoms with Gasteiger partial charge in [-0.15, -0.1) is 0 Å². The first-order valence-corrected chi connectivity index (χ1v) is 14.8. The molecule has 7 nitrogen and oxygen atoms in total. The summed E-state index contributed by atoms with van der Waals surface area (Å²) in [5, 5.41) is 19.6. The number of benzene rings is 2. The highest BCUT2D eigenvalue weighted by Crippen LogP contribution is 2.62. The molecule has 1 unspecified atom stereocenters. The predicted molar refractivity (Wildman–Crippen MR) is 150 cm³/mol. The smallest absolute Gasteiger partial charge is 0.306 e. The highest BCUT2D eigenvalue weighted by molar-refractivity contribution is 6.31. The number of hydrogen-bond donors (Lipinski definition) is 4. The largest absolute Gasteiger partial charge is 0.481 e. The minimum absolute atomic E-state index is 0.0712. The van der Waals surface area contributed by atoms with E-state index in [2.05, 4.69) is 16.0 Å². The molecule has 2 aliphatic heterocycles. The molecule has 0 bridgehead atoms. The number of hydrogen-bond acceptors (Lipinski definition) is 4. The average Bonchev–Trinajstić information content (AvgIpc) is 3.38. The number of anilines is 1. The lowest BCUT2D eigenvalue weighted by Crippen LogP contribution is -2.60. The number of carboxylic acids is 1. The standard InChI is InChI=1S/C30H32Cl2FN3O4/c31-17-9-12-20-22(15-17)35-28(40)30(20)23(19-5-4-6-21(32)24(19)33)25(36-29(30)13-2-1-3-14-29)26(37)34-18-10-7-16(8-11-18)27(38)39/h4-6,9,12,15-16,18,23,25,36H,1-3,7-8,10-11,13-14H2,(H,34,37)(H,35,40)(H,38,39)/t16?,18?,23-,25+,30?/m0/s1. The molecule has 1 saturated heterocycles. The van der Waals surface area contributed by atoms with Gasteiger partial charge in [0.05, 0.1) is 17.0 Å². The zero-order valence-corrected chi connectivity index (χ0v) is 23.5. The Morgan fingerprint density at radius 2 is 1.75 bits per heavy atom. The molecular weight excluding hydrogens is 556 g/mol. The topological polar surface area (TPSA) is 108 Å². The molecule has 2 heterocycles. The molecule has 2 aromatic carbocycles. The van der Waals surface area contributed by atoms with E-state index in [9.17, 15) is 19.5 Å². The van der Waals surface area contributed by atoms with Crippen molar-refractivity contribution in [3.05, 3.63) is 63.4 Å². The SMILES string of the molecule is O=C(O)C1CCC(NC(=O)[C@@H]2NC3(CCCCC3)C3(C(=O)Nc4cc(Cl)ccc43)[C@H]2c2cccc(Cl)c2F)CC1. The van der Waals surface area contributed by atoms with Gasteiger partial charge in [-0.1, -0.05) is 60.7 Å². The van der Waals surface area contributed by atoms with Crippen molar-refractivity contribution < 1.29 is 23.9 Å². The Hall–Kier alpha value is -2.68. The van der Waals surface area contributed by atoms with Gasteiger partial charge in [0, 0.05) is 28.2 Å². The highest BCUT2D eigenvalue weighted by atomic mass is 35.5. The van der Waals surface area contributed by atoms with Gasteiger partial charge in [-0.2, -0.15) is 0 Å². The quantitative estimate of drug-likeness (QED) is 0.375. The minimum Gasteiger partial charge on any atom is -0.481 e. The lowest BCUT2D eigenvalue weighted by Gasteiger charge is -2.47. The van der Waals surface area contributed by atoms with Crippen LogP contribution in [0, 0.1) is 11.7 Å². The number of carboxylic acid groups (broad SMARTS) is 1. The molecule has 2 saturated carbocycles. The van der Waals surface area contributed by atoms with Gasteiger partial charge < -0.3 is 15.7 Å². The number of nitrogens with one attached hydrogen (secondary N) is 3. The van der Waals surface area contributed by atoms with Gasteiger partial charge in [0.1, 0.15) is 11.2 Å². The molecule has 10 heteroatoms. The van der Waals surface area contributed by atoms with Crippen LogP contribution in [0.15, 0.2) is 36.4 Å². The molecule has 3 fully saturated rings. The Bertz CT molecular complexity index is 1370. The molecule has 2 aromatic rings. The lowest BCUT2D eigenvalue weighted by atomic mass is 9.55. The number of rotatable bonds is 4.